The Kier molecular flexibility index (Phi) is 6.29. The van der Waals surface area contributed by atoms with Crippen LogP contribution in [0.25, 0.3) is 0 Å². The predicted octanol–water partition coefficient (Wildman–Crippen LogP) is 1.60. The second-order valence-corrected chi connectivity index (χ2v) is 5.64. The molecule has 0 amide bonds. The average Bonchev–Trinajstić information content (AvgIpc) is 2.67. The fourth-order valence-electron chi connectivity index (χ4n) is 1.97. The quantitative estimate of drug-likeness (QED) is 0.728. The van der Waals surface area contributed by atoms with Crippen molar-refractivity contribution in [3.63, 3.8) is 0 Å². The van der Waals surface area contributed by atoms with Gasteiger partial charge in [-0.25, -0.2) is 4.98 Å². The monoisotopic (exact) mass is 268 g/mol. The van der Waals surface area contributed by atoms with E-state index in [0.717, 1.165) is 38.3 Å². The highest BCUT2D eigenvalue weighted by molar-refractivity contribution is 7.80. The Balaban J connectivity index is 2.45. The second kappa shape index (κ2) is 7.48. The maximum Gasteiger partial charge on any atom is 0.109 e. The topological polar surface area (TPSA) is 47.1 Å². The molecule has 18 heavy (non-hydrogen) atoms. The largest absolute Gasteiger partial charge is 0.393 e. The maximum atomic E-state index is 5.57. The molecule has 4 nitrogen and oxygen atoms in total. The minimum atomic E-state index is 0.598. The lowest BCUT2D eigenvalue weighted by atomic mass is 10.2. The summed E-state index contributed by atoms with van der Waals surface area (Å²) in [6.07, 6.45) is 5.59. The molecular formula is C13H24N4S. The van der Waals surface area contributed by atoms with Crippen molar-refractivity contribution >= 4 is 17.2 Å². The van der Waals surface area contributed by atoms with Gasteiger partial charge in [0, 0.05) is 51.9 Å². The molecule has 1 aromatic heterocycles. The van der Waals surface area contributed by atoms with Crippen molar-refractivity contribution in [2.24, 2.45) is 18.7 Å². The lowest BCUT2D eigenvalue weighted by molar-refractivity contribution is 0.251. The molecule has 0 aromatic carbocycles. The van der Waals surface area contributed by atoms with E-state index >= 15 is 0 Å². The smallest absolute Gasteiger partial charge is 0.109 e. The number of hydrogen-bond donors (Lipinski definition) is 1. The third-order valence-electron chi connectivity index (χ3n) is 2.87. The molecule has 1 aromatic rings. The molecule has 0 atom stereocenters. The molecule has 0 radical (unpaired) electrons. The summed E-state index contributed by atoms with van der Waals surface area (Å²) in [5, 5.41) is 0. The van der Waals surface area contributed by atoms with E-state index in [2.05, 4.69) is 28.3 Å². The standard InChI is InChI=1S/C13H24N4S/c1-11(2)10-17(7-4-12(14)18)8-5-13-15-6-9-16(13)3/h6,9,11H,4-5,7-8,10H2,1-3H3,(H2,14,18). The van der Waals surface area contributed by atoms with E-state index in [0.29, 0.717) is 10.9 Å². The van der Waals surface area contributed by atoms with E-state index in [9.17, 15) is 0 Å². The molecule has 0 spiro atoms. The molecule has 0 fully saturated rings. The third-order valence-corrected chi connectivity index (χ3v) is 3.07. The molecule has 0 aliphatic rings. The fraction of sp³-hybridized carbons (Fsp3) is 0.692. The molecule has 0 aliphatic carbocycles. The normalized spacial score (nSPS) is 11.4. The minimum Gasteiger partial charge on any atom is -0.393 e. The summed E-state index contributed by atoms with van der Waals surface area (Å²) in [4.78, 5) is 7.36. The number of nitrogens with two attached hydrogens (primary N) is 1. The van der Waals surface area contributed by atoms with Crippen molar-refractivity contribution in [1.29, 1.82) is 0 Å². The Bertz CT molecular complexity index is 373. The SMILES string of the molecule is CC(C)CN(CCC(N)=S)CCc1nccn1C. The first kappa shape index (κ1) is 15.1. The van der Waals surface area contributed by atoms with Gasteiger partial charge in [-0.05, 0) is 5.92 Å². The Hall–Kier alpha value is -0.940. The van der Waals surface area contributed by atoms with Crippen LogP contribution in [0, 0.1) is 5.92 Å². The van der Waals surface area contributed by atoms with Crippen molar-refractivity contribution in [1.82, 2.24) is 14.5 Å². The Morgan fingerprint density at radius 2 is 2.22 bits per heavy atom. The molecule has 0 bridgehead atoms. The minimum absolute atomic E-state index is 0.598. The number of nitrogens with zero attached hydrogens (tertiary/aromatic N) is 3. The van der Waals surface area contributed by atoms with Crippen LogP contribution in [-0.4, -0.2) is 39.1 Å². The van der Waals surface area contributed by atoms with Crippen LogP contribution in [0.15, 0.2) is 12.4 Å². The van der Waals surface area contributed by atoms with Gasteiger partial charge in [-0.1, -0.05) is 26.1 Å². The van der Waals surface area contributed by atoms with Gasteiger partial charge in [0.1, 0.15) is 5.82 Å². The van der Waals surface area contributed by atoms with Crippen molar-refractivity contribution in [3.05, 3.63) is 18.2 Å². The first-order valence-corrected chi connectivity index (χ1v) is 6.86. The number of aromatic nitrogens is 2. The van der Waals surface area contributed by atoms with Crippen LogP contribution in [0.5, 0.6) is 0 Å². The van der Waals surface area contributed by atoms with Crippen LogP contribution in [0.4, 0.5) is 0 Å². The van der Waals surface area contributed by atoms with Gasteiger partial charge in [0.15, 0.2) is 0 Å². The molecule has 0 saturated heterocycles. The van der Waals surface area contributed by atoms with Gasteiger partial charge in [0.2, 0.25) is 0 Å². The highest BCUT2D eigenvalue weighted by Crippen LogP contribution is 2.03. The third kappa shape index (κ3) is 5.60. The lowest BCUT2D eigenvalue weighted by Gasteiger charge is -2.23. The first-order valence-electron chi connectivity index (χ1n) is 6.46. The van der Waals surface area contributed by atoms with Gasteiger partial charge in [-0.3, -0.25) is 0 Å². The van der Waals surface area contributed by atoms with Crippen molar-refractivity contribution < 1.29 is 0 Å². The average molecular weight is 268 g/mol. The molecule has 1 heterocycles. The summed E-state index contributed by atoms with van der Waals surface area (Å²) in [7, 11) is 2.03. The summed E-state index contributed by atoms with van der Waals surface area (Å²) in [6.45, 7) is 7.49. The van der Waals surface area contributed by atoms with Gasteiger partial charge in [0.25, 0.3) is 0 Å². The zero-order chi connectivity index (χ0) is 13.5. The van der Waals surface area contributed by atoms with Gasteiger partial charge in [0.05, 0.1) is 4.99 Å². The number of hydrogen-bond acceptors (Lipinski definition) is 3. The highest BCUT2D eigenvalue weighted by atomic mass is 32.1. The molecule has 102 valence electrons. The van der Waals surface area contributed by atoms with E-state index in [4.69, 9.17) is 18.0 Å². The van der Waals surface area contributed by atoms with Crippen molar-refractivity contribution in [2.45, 2.75) is 26.7 Å². The van der Waals surface area contributed by atoms with E-state index in [1.165, 1.54) is 0 Å². The van der Waals surface area contributed by atoms with Crippen LogP contribution in [0.3, 0.4) is 0 Å². The van der Waals surface area contributed by atoms with Gasteiger partial charge < -0.3 is 15.2 Å². The first-order chi connectivity index (χ1) is 8.49. The van der Waals surface area contributed by atoms with E-state index in [1.807, 2.05) is 19.4 Å². The summed E-state index contributed by atoms with van der Waals surface area (Å²) >= 11 is 4.95. The molecule has 0 aliphatic heterocycles. The molecule has 1 rings (SSSR count). The zero-order valence-electron chi connectivity index (χ0n) is 11.6. The summed E-state index contributed by atoms with van der Waals surface area (Å²) in [6, 6.07) is 0. The Morgan fingerprint density at radius 3 is 2.72 bits per heavy atom. The van der Waals surface area contributed by atoms with Crippen LogP contribution in [0.1, 0.15) is 26.1 Å². The van der Waals surface area contributed by atoms with Crippen molar-refractivity contribution in [2.75, 3.05) is 19.6 Å². The number of imidazole rings is 1. The highest BCUT2D eigenvalue weighted by Gasteiger charge is 2.09. The van der Waals surface area contributed by atoms with E-state index in [-0.39, 0.29) is 0 Å². The maximum absolute atomic E-state index is 5.57. The van der Waals surface area contributed by atoms with Gasteiger partial charge in [-0.2, -0.15) is 0 Å². The molecule has 5 heteroatoms. The second-order valence-electron chi connectivity index (χ2n) is 5.12. The molecule has 0 unspecified atom stereocenters. The molecule has 2 N–H and O–H groups in total. The summed E-state index contributed by atoms with van der Waals surface area (Å²) < 4.78 is 2.07. The van der Waals surface area contributed by atoms with Crippen LogP contribution >= 0.6 is 12.2 Å². The zero-order valence-corrected chi connectivity index (χ0v) is 12.4. The van der Waals surface area contributed by atoms with Crippen LogP contribution < -0.4 is 5.73 Å². The summed E-state index contributed by atoms with van der Waals surface area (Å²) in [5.41, 5.74) is 5.57. The van der Waals surface area contributed by atoms with Crippen molar-refractivity contribution in [3.8, 4) is 0 Å². The number of thiocarbonyl (C=S) groups is 1. The van der Waals surface area contributed by atoms with E-state index < -0.39 is 0 Å². The van der Waals surface area contributed by atoms with Gasteiger partial charge >= 0.3 is 0 Å². The molecule has 0 saturated carbocycles. The fourth-order valence-corrected chi connectivity index (χ4v) is 2.07. The Morgan fingerprint density at radius 1 is 1.50 bits per heavy atom. The van der Waals surface area contributed by atoms with Gasteiger partial charge in [-0.15, -0.1) is 0 Å². The van der Waals surface area contributed by atoms with Crippen LogP contribution in [-0.2, 0) is 13.5 Å². The molecular weight excluding hydrogens is 244 g/mol. The predicted molar refractivity (Wildman–Crippen MR) is 79.6 cm³/mol. The Labute approximate surface area is 115 Å². The van der Waals surface area contributed by atoms with E-state index in [1.54, 1.807) is 0 Å². The lowest BCUT2D eigenvalue weighted by Crippen LogP contribution is -2.33. The number of aryl methyl sites for hydroxylation is 1. The van der Waals surface area contributed by atoms with Crippen LogP contribution in [0.2, 0.25) is 0 Å². The summed E-state index contributed by atoms with van der Waals surface area (Å²) in [5.74, 6) is 1.77. The number of rotatable bonds is 8.